The van der Waals surface area contributed by atoms with Crippen LogP contribution < -0.4 is 20.4 Å². The zero-order valence-electron chi connectivity index (χ0n) is 26.4. The number of nitrogens with zero attached hydrogens (tertiary/aromatic N) is 4. The number of fused-ring (bicyclic) bond motifs is 2. The van der Waals surface area contributed by atoms with Crippen LogP contribution in [0.5, 0.6) is 0 Å². The Bertz CT molecular complexity index is 2040. The molecule has 0 saturated carbocycles. The molecule has 3 atom stereocenters. The van der Waals surface area contributed by atoms with E-state index in [2.05, 4.69) is 33.8 Å². The van der Waals surface area contributed by atoms with Gasteiger partial charge in [-0.2, -0.15) is 13.2 Å². The summed E-state index contributed by atoms with van der Waals surface area (Å²) >= 11 is 6.55. The topological polar surface area (TPSA) is 96.8 Å². The van der Waals surface area contributed by atoms with Crippen LogP contribution in [0.2, 0.25) is 5.02 Å². The number of aromatic nitrogens is 2. The normalized spacial score (nSPS) is 16.6. The first-order valence-electron chi connectivity index (χ1n) is 14.5. The number of hydrogen-bond acceptors (Lipinski definition) is 8. The fraction of sp³-hybridized carbons (Fsp3) is 0.226. The average Bonchev–Trinajstić information content (AvgIpc) is 3.30. The minimum Gasteiger partial charge on any atom is -0.396 e. The lowest BCUT2D eigenvalue weighted by atomic mass is 9.48. The first kappa shape index (κ1) is 37.3. The number of benzene rings is 3. The summed E-state index contributed by atoms with van der Waals surface area (Å²) in [6, 6.07) is 4.93. The van der Waals surface area contributed by atoms with Gasteiger partial charge in [-0.3, -0.25) is 0 Å². The van der Waals surface area contributed by atoms with Gasteiger partial charge in [0.15, 0.2) is 0 Å². The second-order valence-corrected chi connectivity index (χ2v) is 12.2. The van der Waals surface area contributed by atoms with Crippen LogP contribution in [-0.2, 0) is 6.18 Å². The van der Waals surface area contributed by atoms with Crippen LogP contribution in [-0.4, -0.2) is 82.8 Å². The molecule has 4 N–H and O–H groups in total. The molecule has 3 unspecified atom stereocenters. The summed E-state index contributed by atoms with van der Waals surface area (Å²) in [5.41, 5.74) is -7.12. The summed E-state index contributed by atoms with van der Waals surface area (Å²) in [4.78, 5) is 9.78. The van der Waals surface area contributed by atoms with E-state index in [9.17, 15) is 32.2 Å². The number of halogens is 6. The van der Waals surface area contributed by atoms with Gasteiger partial charge in [0.05, 0.1) is 57.5 Å². The number of alkyl halides is 3. The van der Waals surface area contributed by atoms with Gasteiger partial charge in [0.1, 0.15) is 50.9 Å². The Morgan fingerprint density at radius 2 is 1.64 bits per heavy atom. The first-order chi connectivity index (χ1) is 23.0. The van der Waals surface area contributed by atoms with Crippen molar-refractivity contribution in [3.05, 3.63) is 101 Å². The first-order valence-corrected chi connectivity index (χ1v) is 14.8. The lowest BCUT2D eigenvalue weighted by Gasteiger charge is -2.47. The monoisotopic (exact) mass is 696 g/mol. The maximum atomic E-state index is 14.7. The molecule has 0 bridgehead atoms. The molecule has 50 heavy (non-hydrogen) atoms. The third kappa shape index (κ3) is 6.27. The molecule has 0 saturated heterocycles. The highest BCUT2D eigenvalue weighted by Gasteiger charge is 2.50. The van der Waals surface area contributed by atoms with Crippen molar-refractivity contribution in [2.45, 2.75) is 35.5 Å². The Labute approximate surface area is 295 Å². The minimum atomic E-state index is -4.99. The van der Waals surface area contributed by atoms with E-state index >= 15 is 0 Å². The minimum absolute atomic E-state index is 0.00287. The van der Waals surface area contributed by atoms with E-state index < -0.39 is 51.3 Å². The standard InChI is InChI=1S/C31H23B5ClF5N6O2/c1-5-16-23(25(43-4)17-8-14(38)6-7-20(17)37)21(46-27-18-9-15(39)10-19(29(40,41)42)24(18)44-12-45-27)11-22-26(16)48(31(34,35)36)13(2)47(22)30(33,50)28(3,32)49/h5-12,25,43,49-50H,1-2H2,3-4H3,(H,44,45,46). The van der Waals surface area contributed by atoms with Gasteiger partial charge in [0.2, 0.25) is 0 Å². The molecule has 2 heterocycles. The number of anilines is 4. The Morgan fingerprint density at radius 1 is 0.980 bits per heavy atom. The lowest BCUT2D eigenvalue weighted by molar-refractivity contribution is -0.136. The maximum absolute atomic E-state index is 14.7. The second kappa shape index (κ2) is 12.7. The molecule has 0 aliphatic carbocycles. The molecule has 4 aromatic rings. The molecule has 19 heteroatoms. The van der Waals surface area contributed by atoms with Crippen molar-refractivity contribution in [1.82, 2.24) is 15.3 Å². The number of nitrogens with one attached hydrogen (secondary N) is 2. The zero-order valence-corrected chi connectivity index (χ0v) is 27.2. The summed E-state index contributed by atoms with van der Waals surface area (Å²) in [5.74, 6) is -2.49. The summed E-state index contributed by atoms with van der Waals surface area (Å²) in [7, 11) is 32.1. The molecular weight excluding hydrogens is 673 g/mol. The molecule has 246 valence electrons. The van der Waals surface area contributed by atoms with E-state index in [0.717, 1.165) is 41.2 Å². The largest absolute Gasteiger partial charge is 0.418 e. The van der Waals surface area contributed by atoms with Gasteiger partial charge in [-0.15, -0.1) is 0 Å². The van der Waals surface area contributed by atoms with Gasteiger partial charge in [-0.25, -0.2) is 18.7 Å². The highest BCUT2D eigenvalue weighted by Crippen LogP contribution is 2.54. The SMILES string of the molecule is [B]C([B])([B])N1C(=C)N(C([B])(O)C([B])(C)O)c2cc(Nc3ncnc4c(C(F)(F)F)cc(F)cc34)c(C(NC)c3cc(F)ccc3Cl)c(C=C)c21. The van der Waals surface area contributed by atoms with E-state index in [1.807, 2.05) is 0 Å². The second-order valence-electron chi connectivity index (χ2n) is 11.8. The zero-order chi connectivity index (χ0) is 37.3. The van der Waals surface area contributed by atoms with Crippen molar-refractivity contribution < 1.29 is 32.2 Å². The third-order valence-corrected chi connectivity index (χ3v) is 8.47. The van der Waals surface area contributed by atoms with Gasteiger partial charge in [-0.1, -0.05) is 36.1 Å². The Hall–Kier alpha value is -3.98. The molecule has 0 amide bonds. The van der Waals surface area contributed by atoms with Gasteiger partial charge < -0.3 is 30.6 Å². The van der Waals surface area contributed by atoms with Gasteiger partial charge in [0.25, 0.3) is 0 Å². The number of rotatable bonds is 9. The number of hydrogen-bond donors (Lipinski definition) is 4. The van der Waals surface area contributed by atoms with Crippen LogP contribution >= 0.6 is 11.6 Å². The molecule has 1 aromatic heterocycles. The molecule has 5 rings (SSSR count). The summed E-state index contributed by atoms with van der Waals surface area (Å²) in [5, 5.41) is 25.7. The van der Waals surface area contributed by atoms with Crippen molar-refractivity contribution in [3.8, 4) is 0 Å². The Kier molecular flexibility index (Phi) is 9.44. The van der Waals surface area contributed by atoms with Crippen molar-refractivity contribution in [3.63, 3.8) is 0 Å². The van der Waals surface area contributed by atoms with Crippen LogP contribution in [0.1, 0.15) is 35.2 Å². The van der Waals surface area contributed by atoms with E-state index in [4.69, 9.17) is 50.8 Å². The Morgan fingerprint density at radius 3 is 2.20 bits per heavy atom. The molecule has 3 aromatic carbocycles. The molecule has 8 nitrogen and oxygen atoms in total. The molecule has 1 aliphatic rings. The summed E-state index contributed by atoms with van der Waals surface area (Å²) < 4.78 is 71.3. The fourth-order valence-electron chi connectivity index (χ4n) is 5.88. The van der Waals surface area contributed by atoms with Crippen LogP contribution in [0.25, 0.3) is 17.0 Å². The highest BCUT2D eigenvalue weighted by atomic mass is 35.5. The summed E-state index contributed by atoms with van der Waals surface area (Å²) in [6.45, 7) is 8.84. The molecule has 10 radical (unpaired) electrons. The molecule has 1 aliphatic heterocycles. The van der Waals surface area contributed by atoms with Crippen molar-refractivity contribution in [2.75, 3.05) is 22.2 Å². The van der Waals surface area contributed by atoms with E-state index in [1.54, 1.807) is 0 Å². The van der Waals surface area contributed by atoms with Crippen molar-refractivity contribution in [2.24, 2.45) is 0 Å². The van der Waals surface area contributed by atoms with Crippen LogP contribution in [0.15, 0.2) is 61.7 Å². The van der Waals surface area contributed by atoms with Crippen molar-refractivity contribution >= 4 is 90.7 Å². The summed E-state index contributed by atoms with van der Waals surface area (Å²) in [6.07, 6.45) is -2.84. The van der Waals surface area contributed by atoms with Crippen LogP contribution in [0.3, 0.4) is 0 Å². The van der Waals surface area contributed by atoms with E-state index in [0.29, 0.717) is 6.07 Å². The highest BCUT2D eigenvalue weighted by molar-refractivity contribution is 6.61. The predicted octanol–water partition coefficient (Wildman–Crippen LogP) is 4.18. The lowest BCUT2D eigenvalue weighted by Crippen LogP contribution is -2.65. The molecule has 0 spiro atoms. The van der Waals surface area contributed by atoms with Gasteiger partial charge >= 0.3 is 6.18 Å². The van der Waals surface area contributed by atoms with Crippen LogP contribution in [0.4, 0.5) is 44.8 Å². The predicted molar refractivity (Wildman–Crippen MR) is 188 cm³/mol. The smallest absolute Gasteiger partial charge is 0.396 e. The van der Waals surface area contributed by atoms with E-state index in [-0.39, 0.29) is 55.8 Å². The third-order valence-electron chi connectivity index (χ3n) is 8.13. The van der Waals surface area contributed by atoms with Crippen LogP contribution in [0, 0.1) is 11.6 Å². The quantitative estimate of drug-likeness (QED) is 0.153. The molecular formula is C31H23B5ClF5N6O2. The number of aliphatic hydroxyl groups is 2. The van der Waals surface area contributed by atoms with E-state index in [1.165, 1.54) is 25.3 Å². The van der Waals surface area contributed by atoms with Crippen molar-refractivity contribution in [1.29, 1.82) is 0 Å². The van der Waals surface area contributed by atoms with Gasteiger partial charge in [-0.05, 0) is 55.9 Å². The maximum Gasteiger partial charge on any atom is 0.418 e. The van der Waals surface area contributed by atoms with Gasteiger partial charge in [0, 0.05) is 27.2 Å². The molecule has 0 fully saturated rings. The fourth-order valence-corrected chi connectivity index (χ4v) is 6.11. The average molecular weight is 696 g/mol. The Balaban J connectivity index is 1.93.